The Morgan fingerprint density at radius 1 is 1.33 bits per heavy atom. The van der Waals surface area contributed by atoms with Crippen molar-refractivity contribution in [2.75, 3.05) is 6.61 Å². The Hall–Kier alpha value is -2.42. The number of aliphatic hydroxyl groups is 1. The van der Waals surface area contributed by atoms with Gasteiger partial charge in [-0.3, -0.25) is 4.79 Å². The van der Waals surface area contributed by atoms with E-state index in [9.17, 15) is 27.9 Å². The van der Waals surface area contributed by atoms with Crippen molar-refractivity contribution >= 4 is 36.4 Å². The quantitative estimate of drug-likeness (QED) is 0.290. The van der Waals surface area contributed by atoms with Crippen LogP contribution in [0.1, 0.15) is 18.1 Å². The third kappa shape index (κ3) is 6.78. The molecule has 0 atom stereocenters. The first-order valence-electron chi connectivity index (χ1n) is 6.09. The summed E-state index contributed by atoms with van der Waals surface area (Å²) in [4.78, 5) is 22.5. The summed E-state index contributed by atoms with van der Waals surface area (Å²) in [6.45, 7) is 1.40. The summed E-state index contributed by atoms with van der Waals surface area (Å²) >= 11 is 0. The Balaban J connectivity index is 0.00000529. The molecule has 0 amide bonds. The number of ketones is 1. The predicted molar refractivity (Wildman–Crippen MR) is 77.2 cm³/mol. The van der Waals surface area contributed by atoms with Crippen molar-refractivity contribution in [3.05, 3.63) is 35.4 Å². The number of nitriles is 1. The summed E-state index contributed by atoms with van der Waals surface area (Å²) in [6.07, 6.45) is -4.52. The predicted octanol–water partition coefficient (Wildman–Crippen LogP) is 1.84. The number of carbonyl (C=O) groups is 2. The van der Waals surface area contributed by atoms with Gasteiger partial charge in [-0.25, -0.2) is 4.79 Å². The molecule has 0 saturated heterocycles. The Labute approximate surface area is 146 Å². The number of aliphatic hydroxyl groups excluding tert-OH is 1. The summed E-state index contributed by atoms with van der Waals surface area (Å²) in [5.41, 5.74) is -0.550. The fraction of sp³-hybridized carbons (Fsp3) is 0.214. The average molecular weight is 337 g/mol. The number of rotatable bonds is 5. The maximum absolute atomic E-state index is 12.2. The Morgan fingerprint density at radius 3 is 2.46 bits per heavy atom. The summed E-state index contributed by atoms with van der Waals surface area (Å²) in [7, 11) is 0. The summed E-state index contributed by atoms with van der Waals surface area (Å²) in [5.74, 6) is -4.01. The van der Waals surface area contributed by atoms with Crippen LogP contribution in [0.3, 0.4) is 0 Å². The number of hydrogen-bond acceptors (Lipinski definition) is 6. The van der Waals surface area contributed by atoms with E-state index in [4.69, 9.17) is 5.26 Å². The van der Waals surface area contributed by atoms with Gasteiger partial charge in [-0.15, -0.1) is 13.2 Å². The molecule has 0 unspecified atom stereocenters. The molecule has 0 aliphatic heterocycles. The number of hydrogen-bond donors (Lipinski definition) is 1. The van der Waals surface area contributed by atoms with Gasteiger partial charge in [0, 0.05) is 11.6 Å². The van der Waals surface area contributed by atoms with Gasteiger partial charge in [-0.05, 0) is 25.1 Å². The number of nitrogens with zero attached hydrogens (tertiary/aromatic N) is 1. The minimum atomic E-state index is -4.99. The molecule has 1 N–H and O–H groups in total. The first kappa shape index (κ1) is 21.6. The number of carbonyl (C=O) groups excluding carboxylic acids is 2. The molecule has 0 bridgehead atoms. The summed E-state index contributed by atoms with van der Waals surface area (Å²) in [6, 6.07) is 4.17. The SMILES string of the molecule is CCOC(=O)C(=O)C=C(O)c1cc(C#N)cc(OC(F)(F)F)c1.[LiH]. The topological polar surface area (TPSA) is 96.6 Å². The van der Waals surface area contributed by atoms with E-state index < -0.39 is 29.6 Å². The zero-order chi connectivity index (χ0) is 17.6. The van der Waals surface area contributed by atoms with E-state index in [0.717, 1.165) is 18.2 Å². The molecule has 0 radical (unpaired) electrons. The number of alkyl halides is 3. The molecule has 0 aromatic heterocycles. The van der Waals surface area contributed by atoms with Crippen molar-refractivity contribution in [3.63, 3.8) is 0 Å². The van der Waals surface area contributed by atoms with Gasteiger partial charge in [0.25, 0.3) is 5.78 Å². The van der Waals surface area contributed by atoms with Gasteiger partial charge in [0.2, 0.25) is 0 Å². The van der Waals surface area contributed by atoms with Gasteiger partial charge in [-0.1, -0.05) is 0 Å². The minimum absolute atomic E-state index is 0. The third-order valence-electron chi connectivity index (χ3n) is 2.31. The molecule has 0 fully saturated rings. The molecule has 1 rings (SSSR count). The molecule has 1 aromatic carbocycles. The van der Waals surface area contributed by atoms with E-state index in [2.05, 4.69) is 9.47 Å². The monoisotopic (exact) mass is 337 g/mol. The van der Waals surface area contributed by atoms with Crippen LogP contribution in [0.15, 0.2) is 24.3 Å². The van der Waals surface area contributed by atoms with Gasteiger partial charge in [-0.2, -0.15) is 5.26 Å². The Bertz CT molecular complexity index is 695. The van der Waals surface area contributed by atoms with Gasteiger partial charge >= 0.3 is 31.2 Å². The van der Waals surface area contributed by atoms with Crippen LogP contribution in [0.25, 0.3) is 5.76 Å². The maximum atomic E-state index is 12.2. The summed E-state index contributed by atoms with van der Waals surface area (Å²) < 4.78 is 44.7. The van der Waals surface area contributed by atoms with Crippen molar-refractivity contribution in [1.29, 1.82) is 5.26 Å². The molecule has 0 heterocycles. The summed E-state index contributed by atoms with van der Waals surface area (Å²) in [5, 5.41) is 18.5. The number of benzene rings is 1. The standard InChI is InChI=1S/C14H10F3NO5.Li.H/c1-2-22-13(21)12(20)6-11(19)9-3-8(7-18)4-10(5-9)23-14(15,16)17;;/h3-6,19H,2H2,1H3;;. The molecule has 0 spiro atoms. The third-order valence-corrected chi connectivity index (χ3v) is 2.31. The number of esters is 1. The first-order valence-corrected chi connectivity index (χ1v) is 6.09. The van der Waals surface area contributed by atoms with Crippen molar-refractivity contribution in [2.45, 2.75) is 13.3 Å². The Kier molecular flexibility index (Phi) is 8.11. The number of halogens is 3. The van der Waals surface area contributed by atoms with Crippen LogP contribution in [0, 0.1) is 11.3 Å². The van der Waals surface area contributed by atoms with E-state index in [1.807, 2.05) is 0 Å². The van der Waals surface area contributed by atoms with Gasteiger partial charge in [0.15, 0.2) is 0 Å². The van der Waals surface area contributed by atoms with Crippen molar-refractivity contribution < 1.29 is 37.3 Å². The molecule has 24 heavy (non-hydrogen) atoms. The zero-order valence-corrected chi connectivity index (χ0v) is 11.7. The van der Waals surface area contributed by atoms with E-state index >= 15 is 0 Å². The molecule has 1 aromatic rings. The molecule has 0 saturated carbocycles. The zero-order valence-electron chi connectivity index (χ0n) is 11.7. The van der Waals surface area contributed by atoms with E-state index in [0.29, 0.717) is 6.08 Å². The molecular weight excluding hydrogens is 326 g/mol. The molecule has 0 aliphatic rings. The second-order valence-electron chi connectivity index (χ2n) is 4.02. The molecule has 0 aliphatic carbocycles. The molecule has 124 valence electrons. The molecule has 10 heteroatoms. The van der Waals surface area contributed by atoms with Gasteiger partial charge in [0.1, 0.15) is 11.5 Å². The second kappa shape index (κ2) is 9.02. The average Bonchev–Trinajstić information content (AvgIpc) is 2.45. The van der Waals surface area contributed by atoms with Crippen molar-refractivity contribution in [1.82, 2.24) is 0 Å². The second-order valence-corrected chi connectivity index (χ2v) is 4.02. The van der Waals surface area contributed by atoms with Crippen LogP contribution in [-0.4, -0.2) is 48.7 Å². The van der Waals surface area contributed by atoms with Crippen LogP contribution in [0.5, 0.6) is 5.75 Å². The fourth-order valence-electron chi connectivity index (χ4n) is 1.47. The fourth-order valence-corrected chi connectivity index (χ4v) is 1.47. The Morgan fingerprint density at radius 2 is 1.96 bits per heavy atom. The van der Waals surface area contributed by atoms with Crippen LogP contribution < -0.4 is 4.74 Å². The van der Waals surface area contributed by atoms with Gasteiger partial charge in [0.05, 0.1) is 18.2 Å². The van der Waals surface area contributed by atoms with Crippen molar-refractivity contribution in [3.8, 4) is 11.8 Å². The van der Waals surface area contributed by atoms with Crippen LogP contribution in [-0.2, 0) is 14.3 Å². The van der Waals surface area contributed by atoms with Gasteiger partial charge < -0.3 is 14.6 Å². The van der Waals surface area contributed by atoms with Crippen LogP contribution in [0.2, 0.25) is 0 Å². The van der Waals surface area contributed by atoms with E-state index in [1.165, 1.54) is 6.92 Å². The van der Waals surface area contributed by atoms with E-state index in [1.54, 1.807) is 6.07 Å². The normalized spacial score (nSPS) is 11.0. The first-order chi connectivity index (χ1) is 10.7. The number of ether oxygens (including phenoxy) is 2. The molecule has 6 nitrogen and oxygen atoms in total. The van der Waals surface area contributed by atoms with Crippen molar-refractivity contribution in [2.24, 2.45) is 0 Å². The van der Waals surface area contributed by atoms with Crippen LogP contribution >= 0.6 is 0 Å². The van der Waals surface area contributed by atoms with Crippen LogP contribution in [0.4, 0.5) is 13.2 Å². The molecular formula is C14H11F3LiNO5. The van der Waals surface area contributed by atoms with E-state index in [-0.39, 0.29) is 36.6 Å².